The van der Waals surface area contributed by atoms with Crippen molar-refractivity contribution in [3.63, 3.8) is 0 Å². The van der Waals surface area contributed by atoms with E-state index in [1.807, 2.05) is 6.26 Å². The average Bonchev–Trinajstić information content (AvgIpc) is 2.28. The molecule has 20 heavy (non-hydrogen) atoms. The number of amides is 2. The lowest BCUT2D eigenvalue weighted by Crippen LogP contribution is -2.50. The highest BCUT2D eigenvalue weighted by molar-refractivity contribution is 7.98. The van der Waals surface area contributed by atoms with E-state index in [2.05, 4.69) is 10.6 Å². The predicted molar refractivity (Wildman–Crippen MR) is 74.2 cm³/mol. The predicted octanol–water partition coefficient (Wildman–Crippen LogP) is -0.501. The molecule has 0 aliphatic rings. The first-order chi connectivity index (χ1) is 9.15. The van der Waals surface area contributed by atoms with E-state index in [9.17, 15) is 19.5 Å². The molecule has 0 heterocycles. The van der Waals surface area contributed by atoms with E-state index in [1.54, 1.807) is 20.8 Å². The van der Waals surface area contributed by atoms with Gasteiger partial charge in [0.05, 0.1) is 12.5 Å². The summed E-state index contributed by atoms with van der Waals surface area (Å²) in [7, 11) is 0. The van der Waals surface area contributed by atoms with Crippen molar-refractivity contribution in [1.82, 2.24) is 10.6 Å². The van der Waals surface area contributed by atoms with Crippen molar-refractivity contribution in [2.75, 3.05) is 18.6 Å². The summed E-state index contributed by atoms with van der Waals surface area (Å²) in [6.45, 7) is 4.53. The van der Waals surface area contributed by atoms with E-state index in [-0.39, 0.29) is 0 Å². The maximum atomic E-state index is 11.8. The number of nitrogens with one attached hydrogen (secondary N) is 2. The Morgan fingerprint density at radius 3 is 2.35 bits per heavy atom. The summed E-state index contributed by atoms with van der Waals surface area (Å²) in [5.74, 6) is -1.33. The number of carboxylic acids is 1. The van der Waals surface area contributed by atoms with Gasteiger partial charge >= 0.3 is 6.09 Å². The minimum atomic E-state index is -1.39. The first kappa shape index (κ1) is 18.6. The number of ether oxygens (including phenoxy) is 1. The number of carbonyl (C=O) groups excluding carboxylic acids is 3. The molecule has 2 N–H and O–H groups in total. The van der Waals surface area contributed by atoms with Crippen LogP contribution >= 0.6 is 11.8 Å². The van der Waals surface area contributed by atoms with Gasteiger partial charge in [-0.2, -0.15) is 11.8 Å². The van der Waals surface area contributed by atoms with Crippen molar-refractivity contribution in [3.8, 4) is 0 Å². The molecule has 0 aromatic carbocycles. The SMILES string of the molecule is CSCC[C@H](NC(=O)OC(C)(C)C)C(=O)NCC(=O)[O-]. The summed E-state index contributed by atoms with van der Waals surface area (Å²) >= 11 is 1.51. The highest BCUT2D eigenvalue weighted by Gasteiger charge is 2.23. The number of alkyl carbamates (subject to hydrolysis) is 1. The third kappa shape index (κ3) is 9.48. The number of carboxylic acid groups (broad SMARTS) is 1. The molecule has 0 rings (SSSR count). The Hall–Kier alpha value is -1.44. The zero-order chi connectivity index (χ0) is 15.8. The van der Waals surface area contributed by atoms with Crippen LogP contribution in [0.25, 0.3) is 0 Å². The van der Waals surface area contributed by atoms with Gasteiger partial charge in [0.1, 0.15) is 11.6 Å². The van der Waals surface area contributed by atoms with Crippen LogP contribution in [0, 0.1) is 0 Å². The van der Waals surface area contributed by atoms with Gasteiger partial charge in [0.15, 0.2) is 0 Å². The van der Waals surface area contributed by atoms with Crippen molar-refractivity contribution in [2.24, 2.45) is 0 Å². The molecule has 0 saturated heterocycles. The zero-order valence-corrected chi connectivity index (χ0v) is 13.0. The molecule has 0 aliphatic carbocycles. The topological polar surface area (TPSA) is 108 Å². The van der Waals surface area contributed by atoms with E-state index < -0.39 is 36.2 Å². The molecule has 0 radical (unpaired) electrons. The van der Waals surface area contributed by atoms with Crippen LogP contribution < -0.4 is 15.7 Å². The molecule has 0 spiro atoms. The lowest BCUT2D eigenvalue weighted by atomic mass is 10.2. The van der Waals surface area contributed by atoms with Gasteiger partial charge in [0.25, 0.3) is 0 Å². The Labute approximate surface area is 122 Å². The summed E-state index contributed by atoms with van der Waals surface area (Å²) in [6.07, 6.45) is 1.52. The normalized spacial score (nSPS) is 12.4. The van der Waals surface area contributed by atoms with Crippen molar-refractivity contribution >= 4 is 29.7 Å². The molecule has 1 atom stereocenters. The molecule has 0 unspecified atom stereocenters. The Bertz CT molecular complexity index is 354. The summed E-state index contributed by atoms with van der Waals surface area (Å²) in [5, 5.41) is 14.9. The smallest absolute Gasteiger partial charge is 0.408 e. The Morgan fingerprint density at radius 1 is 1.30 bits per heavy atom. The van der Waals surface area contributed by atoms with Gasteiger partial charge in [0, 0.05) is 0 Å². The molecule has 116 valence electrons. The summed E-state index contributed by atoms with van der Waals surface area (Å²) < 4.78 is 5.06. The van der Waals surface area contributed by atoms with Gasteiger partial charge in [-0.1, -0.05) is 0 Å². The molecule has 0 aromatic rings. The van der Waals surface area contributed by atoms with E-state index >= 15 is 0 Å². The highest BCUT2D eigenvalue weighted by Crippen LogP contribution is 2.08. The maximum absolute atomic E-state index is 11.8. The molecule has 0 saturated carbocycles. The van der Waals surface area contributed by atoms with E-state index in [0.29, 0.717) is 12.2 Å². The summed E-state index contributed by atoms with van der Waals surface area (Å²) in [4.78, 5) is 33.7. The fourth-order valence-corrected chi connectivity index (χ4v) is 1.71. The van der Waals surface area contributed by atoms with Crippen LogP contribution in [-0.4, -0.2) is 48.2 Å². The van der Waals surface area contributed by atoms with Gasteiger partial charge in [-0.3, -0.25) is 4.79 Å². The van der Waals surface area contributed by atoms with Crippen LogP contribution in [0.3, 0.4) is 0 Å². The lowest BCUT2D eigenvalue weighted by Gasteiger charge is -2.23. The minimum absolute atomic E-state index is 0.374. The molecular weight excluding hydrogens is 284 g/mol. The van der Waals surface area contributed by atoms with Crippen LogP contribution in [0.15, 0.2) is 0 Å². The Balaban J connectivity index is 4.50. The van der Waals surface area contributed by atoms with Gasteiger partial charge in [-0.05, 0) is 39.2 Å². The molecule has 0 aliphatic heterocycles. The van der Waals surface area contributed by atoms with Crippen LogP contribution in [0.4, 0.5) is 4.79 Å². The number of rotatable bonds is 7. The van der Waals surface area contributed by atoms with Crippen molar-refractivity contribution in [3.05, 3.63) is 0 Å². The number of carbonyl (C=O) groups is 3. The molecular formula is C12H21N2O5S-. The van der Waals surface area contributed by atoms with Gasteiger partial charge < -0.3 is 25.3 Å². The third-order valence-electron chi connectivity index (χ3n) is 2.03. The first-order valence-electron chi connectivity index (χ1n) is 6.11. The highest BCUT2D eigenvalue weighted by atomic mass is 32.2. The van der Waals surface area contributed by atoms with Gasteiger partial charge in [-0.15, -0.1) is 0 Å². The quantitative estimate of drug-likeness (QED) is 0.656. The van der Waals surface area contributed by atoms with Gasteiger partial charge in [0.2, 0.25) is 5.91 Å². The summed E-state index contributed by atoms with van der Waals surface area (Å²) in [6, 6.07) is -0.836. The van der Waals surface area contributed by atoms with Gasteiger partial charge in [-0.25, -0.2) is 4.79 Å². The van der Waals surface area contributed by atoms with Crippen molar-refractivity contribution in [2.45, 2.75) is 38.8 Å². The van der Waals surface area contributed by atoms with Crippen molar-refractivity contribution in [1.29, 1.82) is 0 Å². The number of hydrogen-bond acceptors (Lipinski definition) is 6. The van der Waals surface area contributed by atoms with Crippen molar-refractivity contribution < 1.29 is 24.2 Å². The fourth-order valence-electron chi connectivity index (χ4n) is 1.24. The second-order valence-electron chi connectivity index (χ2n) is 5.07. The third-order valence-corrected chi connectivity index (χ3v) is 2.67. The van der Waals surface area contributed by atoms with E-state index in [0.717, 1.165) is 0 Å². The second-order valence-corrected chi connectivity index (χ2v) is 6.06. The second kappa shape index (κ2) is 8.68. The molecule has 2 amide bonds. The maximum Gasteiger partial charge on any atom is 0.408 e. The molecule has 8 heteroatoms. The first-order valence-corrected chi connectivity index (χ1v) is 7.51. The Kier molecular flexibility index (Phi) is 8.05. The fraction of sp³-hybridized carbons (Fsp3) is 0.750. The van der Waals surface area contributed by atoms with Crippen LogP contribution in [0.5, 0.6) is 0 Å². The van der Waals surface area contributed by atoms with Crippen LogP contribution in [0.2, 0.25) is 0 Å². The summed E-state index contributed by atoms with van der Waals surface area (Å²) in [5.41, 5.74) is -0.671. The Morgan fingerprint density at radius 2 is 1.90 bits per heavy atom. The average molecular weight is 305 g/mol. The van der Waals surface area contributed by atoms with E-state index in [1.165, 1.54) is 11.8 Å². The number of aliphatic carboxylic acids is 1. The van der Waals surface area contributed by atoms with Crippen LogP contribution in [0.1, 0.15) is 27.2 Å². The monoisotopic (exact) mass is 305 g/mol. The molecule has 0 fully saturated rings. The van der Waals surface area contributed by atoms with Crippen LogP contribution in [-0.2, 0) is 14.3 Å². The number of thioether (sulfide) groups is 1. The minimum Gasteiger partial charge on any atom is -0.548 e. The lowest BCUT2D eigenvalue weighted by molar-refractivity contribution is -0.304. The van der Waals surface area contributed by atoms with E-state index in [4.69, 9.17) is 4.74 Å². The largest absolute Gasteiger partial charge is 0.548 e. The standard InChI is InChI=1S/C12H22N2O5S/c1-12(2,3)19-11(18)14-8(5-6-20-4)10(17)13-7-9(15)16/h8H,5-7H2,1-4H3,(H,13,17)(H,14,18)(H,15,16)/p-1/t8-/m0/s1. The molecule has 0 aromatic heterocycles. The molecule has 0 bridgehead atoms. The number of hydrogen-bond donors (Lipinski definition) is 2. The molecule has 7 nitrogen and oxygen atoms in total. The zero-order valence-electron chi connectivity index (χ0n) is 12.1.